The van der Waals surface area contributed by atoms with Crippen molar-refractivity contribution in [3.63, 3.8) is 0 Å². The van der Waals surface area contributed by atoms with Crippen LogP contribution in [0.2, 0.25) is 10.0 Å². The molecule has 2 amide bonds. The molecule has 5 nitrogen and oxygen atoms in total. The third-order valence-corrected chi connectivity index (χ3v) is 5.49. The van der Waals surface area contributed by atoms with Gasteiger partial charge in [-0.1, -0.05) is 48.3 Å². The smallest absolute Gasteiger partial charge is 0.261 e. The minimum absolute atomic E-state index is 0.170. The Morgan fingerprint density at radius 1 is 1.10 bits per heavy atom. The summed E-state index contributed by atoms with van der Waals surface area (Å²) in [6.07, 6.45) is 0.814. The molecule has 0 radical (unpaired) electrons. The molecule has 1 unspecified atom stereocenters. The summed E-state index contributed by atoms with van der Waals surface area (Å²) in [5.74, 6) is 0.152. The van der Waals surface area contributed by atoms with E-state index in [-0.39, 0.29) is 25.0 Å². The van der Waals surface area contributed by atoms with Crippen molar-refractivity contribution in [1.82, 2.24) is 10.2 Å². The summed E-state index contributed by atoms with van der Waals surface area (Å²) < 4.78 is 5.78. The van der Waals surface area contributed by atoms with Crippen molar-refractivity contribution in [2.24, 2.45) is 0 Å². The maximum Gasteiger partial charge on any atom is 0.261 e. The molecule has 0 aromatic heterocycles. The fourth-order valence-electron chi connectivity index (χ4n) is 2.90. The molecule has 1 atom stereocenters. The van der Waals surface area contributed by atoms with Crippen molar-refractivity contribution in [2.45, 2.75) is 46.7 Å². The van der Waals surface area contributed by atoms with Crippen LogP contribution in [0.1, 0.15) is 37.0 Å². The summed E-state index contributed by atoms with van der Waals surface area (Å²) in [4.78, 5) is 27.1. The minimum atomic E-state index is -0.666. The van der Waals surface area contributed by atoms with Gasteiger partial charge in [0, 0.05) is 13.1 Å². The molecule has 0 heterocycles. The quantitative estimate of drug-likeness (QED) is 0.588. The molecule has 0 aliphatic heterocycles. The fraction of sp³-hybridized carbons (Fsp3) is 0.391. The van der Waals surface area contributed by atoms with Gasteiger partial charge < -0.3 is 15.0 Å². The number of hydrogen-bond acceptors (Lipinski definition) is 3. The highest BCUT2D eigenvalue weighted by atomic mass is 35.5. The largest absolute Gasteiger partial charge is 0.483 e. The SMILES string of the molecule is CCCNC(=O)C(C)N(Cc1ccc(Cl)c(Cl)c1)C(=O)COc1cc(C)ccc1C. The molecule has 0 bridgehead atoms. The molecule has 0 spiro atoms. The lowest BCUT2D eigenvalue weighted by molar-refractivity contribution is -0.142. The molecular weight excluding hydrogens is 423 g/mol. The number of nitrogens with one attached hydrogen (secondary N) is 1. The lowest BCUT2D eigenvalue weighted by Crippen LogP contribution is -2.49. The molecule has 1 N–H and O–H groups in total. The second kappa shape index (κ2) is 11.2. The van der Waals surface area contributed by atoms with Gasteiger partial charge in [-0.15, -0.1) is 0 Å². The van der Waals surface area contributed by atoms with Crippen LogP contribution in [0.3, 0.4) is 0 Å². The number of amides is 2. The molecule has 2 aromatic carbocycles. The highest BCUT2D eigenvalue weighted by molar-refractivity contribution is 6.42. The van der Waals surface area contributed by atoms with Crippen molar-refractivity contribution < 1.29 is 14.3 Å². The number of rotatable bonds is 9. The zero-order valence-corrected chi connectivity index (χ0v) is 19.3. The van der Waals surface area contributed by atoms with E-state index in [1.54, 1.807) is 25.1 Å². The predicted octanol–water partition coefficient (Wildman–Crippen LogP) is 4.93. The van der Waals surface area contributed by atoms with E-state index in [0.717, 1.165) is 23.1 Å². The van der Waals surface area contributed by atoms with E-state index < -0.39 is 6.04 Å². The van der Waals surface area contributed by atoms with E-state index in [1.807, 2.05) is 39.0 Å². The Morgan fingerprint density at radius 2 is 1.83 bits per heavy atom. The van der Waals surface area contributed by atoms with Gasteiger partial charge in [-0.25, -0.2) is 0 Å². The van der Waals surface area contributed by atoms with Gasteiger partial charge in [-0.05, 0) is 62.1 Å². The van der Waals surface area contributed by atoms with Gasteiger partial charge in [-0.3, -0.25) is 9.59 Å². The molecule has 2 rings (SSSR count). The summed E-state index contributed by atoms with van der Waals surface area (Å²) in [6, 6.07) is 10.3. The monoisotopic (exact) mass is 450 g/mol. The van der Waals surface area contributed by atoms with Crippen LogP contribution in [0, 0.1) is 13.8 Å². The summed E-state index contributed by atoms with van der Waals surface area (Å²) >= 11 is 12.1. The van der Waals surface area contributed by atoms with Crippen LogP contribution in [0.4, 0.5) is 0 Å². The Balaban J connectivity index is 2.19. The van der Waals surface area contributed by atoms with Gasteiger partial charge in [0.1, 0.15) is 11.8 Å². The zero-order chi connectivity index (χ0) is 22.3. The lowest BCUT2D eigenvalue weighted by atomic mass is 10.1. The van der Waals surface area contributed by atoms with Crippen LogP contribution in [-0.4, -0.2) is 35.9 Å². The van der Waals surface area contributed by atoms with E-state index in [0.29, 0.717) is 22.3 Å². The Hall–Kier alpha value is -2.24. The Kier molecular flexibility index (Phi) is 9.00. The van der Waals surface area contributed by atoms with Crippen molar-refractivity contribution in [3.05, 3.63) is 63.1 Å². The normalized spacial score (nSPS) is 11.7. The molecule has 0 saturated carbocycles. The number of ether oxygens (including phenoxy) is 1. The lowest BCUT2D eigenvalue weighted by Gasteiger charge is -2.29. The highest BCUT2D eigenvalue weighted by Gasteiger charge is 2.26. The maximum absolute atomic E-state index is 13.1. The predicted molar refractivity (Wildman–Crippen MR) is 121 cm³/mol. The van der Waals surface area contributed by atoms with Crippen LogP contribution >= 0.6 is 23.2 Å². The average Bonchev–Trinajstić information content (AvgIpc) is 2.72. The number of nitrogens with zero attached hydrogens (tertiary/aromatic N) is 1. The van der Waals surface area contributed by atoms with E-state index in [1.165, 1.54) is 4.90 Å². The number of halogens is 2. The summed E-state index contributed by atoms with van der Waals surface area (Å²) in [5.41, 5.74) is 2.76. The second-order valence-electron chi connectivity index (χ2n) is 7.29. The van der Waals surface area contributed by atoms with Crippen molar-refractivity contribution in [1.29, 1.82) is 0 Å². The Bertz CT molecular complexity index is 902. The highest BCUT2D eigenvalue weighted by Crippen LogP contribution is 2.24. The standard InChI is InChI=1S/C23H28Cl2N2O3/c1-5-10-26-23(29)17(4)27(13-18-8-9-19(24)20(25)12-18)22(28)14-30-21-11-15(2)6-7-16(21)3/h6-9,11-12,17H,5,10,13-14H2,1-4H3,(H,26,29). The third kappa shape index (κ3) is 6.64. The van der Waals surface area contributed by atoms with E-state index in [2.05, 4.69) is 5.32 Å². The van der Waals surface area contributed by atoms with Gasteiger partial charge in [0.05, 0.1) is 10.0 Å². The van der Waals surface area contributed by atoms with Gasteiger partial charge in [0.25, 0.3) is 5.91 Å². The first kappa shape index (κ1) is 24.0. The number of carbonyl (C=O) groups is 2. The molecule has 0 fully saturated rings. The Morgan fingerprint density at radius 3 is 2.50 bits per heavy atom. The molecule has 162 valence electrons. The molecule has 0 aliphatic carbocycles. The van der Waals surface area contributed by atoms with E-state index in [4.69, 9.17) is 27.9 Å². The van der Waals surface area contributed by atoms with E-state index in [9.17, 15) is 9.59 Å². The third-order valence-electron chi connectivity index (χ3n) is 4.75. The van der Waals surface area contributed by atoms with Crippen LogP contribution in [-0.2, 0) is 16.1 Å². The van der Waals surface area contributed by atoms with Gasteiger partial charge in [0.2, 0.25) is 5.91 Å². The number of hydrogen-bond donors (Lipinski definition) is 1. The van der Waals surface area contributed by atoms with Crippen LogP contribution in [0.15, 0.2) is 36.4 Å². The summed E-state index contributed by atoms with van der Waals surface area (Å²) in [5, 5.41) is 3.68. The van der Waals surface area contributed by atoms with Crippen molar-refractivity contribution >= 4 is 35.0 Å². The van der Waals surface area contributed by atoms with Crippen LogP contribution in [0.5, 0.6) is 5.75 Å². The average molecular weight is 451 g/mol. The summed E-state index contributed by atoms with van der Waals surface area (Å²) in [7, 11) is 0. The van der Waals surface area contributed by atoms with Gasteiger partial charge >= 0.3 is 0 Å². The topological polar surface area (TPSA) is 58.6 Å². The molecule has 2 aromatic rings. The summed E-state index contributed by atoms with van der Waals surface area (Å²) in [6.45, 7) is 8.17. The van der Waals surface area contributed by atoms with Crippen molar-refractivity contribution in [3.8, 4) is 5.75 Å². The van der Waals surface area contributed by atoms with Crippen LogP contribution < -0.4 is 10.1 Å². The van der Waals surface area contributed by atoms with Crippen LogP contribution in [0.25, 0.3) is 0 Å². The van der Waals surface area contributed by atoms with Gasteiger partial charge in [-0.2, -0.15) is 0 Å². The molecule has 30 heavy (non-hydrogen) atoms. The molecule has 7 heteroatoms. The second-order valence-corrected chi connectivity index (χ2v) is 8.11. The molecular formula is C23H28Cl2N2O3. The minimum Gasteiger partial charge on any atom is -0.483 e. The zero-order valence-electron chi connectivity index (χ0n) is 17.8. The number of aryl methyl sites for hydroxylation is 2. The number of benzene rings is 2. The van der Waals surface area contributed by atoms with Gasteiger partial charge in [0.15, 0.2) is 6.61 Å². The maximum atomic E-state index is 13.1. The van der Waals surface area contributed by atoms with E-state index >= 15 is 0 Å². The first-order valence-electron chi connectivity index (χ1n) is 9.94. The number of carbonyl (C=O) groups excluding carboxylic acids is 2. The van der Waals surface area contributed by atoms with Crippen molar-refractivity contribution in [2.75, 3.05) is 13.2 Å². The fourth-order valence-corrected chi connectivity index (χ4v) is 3.22. The first-order valence-corrected chi connectivity index (χ1v) is 10.7. The molecule has 0 aliphatic rings. The Labute approximate surface area is 188 Å². The first-order chi connectivity index (χ1) is 14.2. The molecule has 0 saturated heterocycles.